The van der Waals surface area contributed by atoms with Crippen molar-refractivity contribution >= 4 is 58.0 Å². The van der Waals surface area contributed by atoms with Crippen LogP contribution < -0.4 is 0 Å². The van der Waals surface area contributed by atoms with Crippen LogP contribution in [0.5, 0.6) is 0 Å². The third kappa shape index (κ3) is 4.04. The van der Waals surface area contributed by atoms with Crippen LogP contribution >= 0.6 is 0 Å². The molecule has 0 aromatic heterocycles. The molecule has 8 aromatic rings. The Morgan fingerprint density at radius 1 is 0.349 bits per heavy atom. The molecular formula is C42H28Se. The zero-order chi connectivity index (χ0) is 28.3. The van der Waals surface area contributed by atoms with Gasteiger partial charge in [-0.15, -0.1) is 0 Å². The van der Waals surface area contributed by atoms with Crippen molar-refractivity contribution in [2.24, 2.45) is 0 Å². The number of rotatable bonds is 2. The zero-order valence-electron chi connectivity index (χ0n) is 23.7. The Morgan fingerprint density at radius 2 is 0.744 bits per heavy atom. The molecule has 0 radical (unpaired) electrons. The van der Waals surface area contributed by atoms with E-state index in [0.717, 1.165) is 10.6 Å². The first kappa shape index (κ1) is 24.9. The van der Waals surface area contributed by atoms with Crippen molar-refractivity contribution in [2.75, 3.05) is 0 Å². The number of fused-ring (bicyclic) bond motifs is 9. The molecule has 0 spiro atoms. The summed E-state index contributed by atoms with van der Waals surface area (Å²) in [7, 11) is 0. The van der Waals surface area contributed by atoms with Crippen LogP contribution in [0.15, 0.2) is 146 Å². The van der Waals surface area contributed by atoms with Gasteiger partial charge in [0.25, 0.3) is 0 Å². The molecule has 0 fully saturated rings. The molecule has 1 aliphatic rings. The van der Waals surface area contributed by atoms with Gasteiger partial charge in [-0.3, -0.25) is 0 Å². The van der Waals surface area contributed by atoms with E-state index in [1.807, 2.05) is 0 Å². The van der Waals surface area contributed by atoms with Crippen LogP contribution in [0.2, 0.25) is 0 Å². The van der Waals surface area contributed by atoms with Gasteiger partial charge in [0, 0.05) is 0 Å². The Labute approximate surface area is 257 Å². The van der Waals surface area contributed by atoms with Crippen LogP contribution in [-0.4, -0.2) is 15.0 Å². The Bertz CT molecular complexity index is 2210. The monoisotopic (exact) mass is 612 g/mol. The fourth-order valence-corrected chi connectivity index (χ4v) is 9.46. The first-order chi connectivity index (χ1) is 21.3. The van der Waals surface area contributed by atoms with Crippen LogP contribution in [0.1, 0.15) is 11.1 Å². The molecule has 1 heteroatoms. The Morgan fingerprint density at radius 3 is 1.21 bits per heavy atom. The number of benzene rings is 8. The van der Waals surface area contributed by atoms with Gasteiger partial charge < -0.3 is 0 Å². The van der Waals surface area contributed by atoms with Gasteiger partial charge >= 0.3 is 259 Å². The Hall–Kier alpha value is -4.68. The Kier molecular flexibility index (Phi) is 5.76. The van der Waals surface area contributed by atoms with E-state index in [1.165, 1.54) is 87.6 Å². The van der Waals surface area contributed by atoms with E-state index in [9.17, 15) is 0 Å². The summed E-state index contributed by atoms with van der Waals surface area (Å²) in [4.78, 5) is 0. The molecule has 1 heterocycles. The molecule has 0 aliphatic carbocycles. The van der Waals surface area contributed by atoms with E-state index in [2.05, 4.69) is 146 Å². The van der Waals surface area contributed by atoms with E-state index in [1.54, 1.807) is 0 Å². The molecular weight excluding hydrogens is 583 g/mol. The summed E-state index contributed by atoms with van der Waals surface area (Å²) in [5.41, 5.74) is 11.3. The first-order valence-corrected chi connectivity index (χ1v) is 17.4. The minimum absolute atomic E-state index is 0.433. The predicted molar refractivity (Wildman–Crippen MR) is 186 cm³/mol. The van der Waals surface area contributed by atoms with Gasteiger partial charge in [-0.25, -0.2) is 0 Å². The first-order valence-electron chi connectivity index (χ1n) is 15.0. The molecule has 0 unspecified atom stereocenters. The van der Waals surface area contributed by atoms with Gasteiger partial charge in [0.05, 0.1) is 0 Å². The van der Waals surface area contributed by atoms with Crippen molar-refractivity contribution in [3.05, 3.63) is 157 Å². The standard InChI is InChI=1S/C42H28Se/c1-3-11-29-21-33(19-17-27(29)9-1)37-23-31-13-5-7-15-35(31)41-39(37)25-43-26-40-38(24-32-14-6-8-16-36(32)42(40)41)34-20-18-28-10-2-4-12-30(28)22-34/h1-24H,25-26H2. The second-order valence-corrected chi connectivity index (χ2v) is 13.7. The quantitative estimate of drug-likeness (QED) is 0.171. The van der Waals surface area contributed by atoms with E-state index in [-0.39, 0.29) is 0 Å². The molecule has 0 amide bonds. The third-order valence-corrected chi connectivity index (χ3v) is 11.2. The van der Waals surface area contributed by atoms with E-state index < -0.39 is 0 Å². The SMILES string of the molecule is c1ccc2cc(-c3cc4ccccc4c4c3C[Se]Cc3c(-c5ccc6ccccc6c5)cc5ccccc5c3-4)ccc2c1. The molecule has 0 N–H and O–H groups in total. The van der Waals surface area contributed by atoms with Crippen molar-refractivity contribution in [3.63, 3.8) is 0 Å². The van der Waals surface area contributed by atoms with Crippen molar-refractivity contribution in [3.8, 4) is 33.4 Å². The minimum atomic E-state index is 0.433. The van der Waals surface area contributed by atoms with Crippen LogP contribution in [0.3, 0.4) is 0 Å². The molecule has 0 bridgehead atoms. The van der Waals surface area contributed by atoms with Gasteiger partial charge in [0.15, 0.2) is 0 Å². The molecule has 43 heavy (non-hydrogen) atoms. The van der Waals surface area contributed by atoms with Crippen LogP contribution in [0.25, 0.3) is 76.5 Å². The summed E-state index contributed by atoms with van der Waals surface area (Å²) in [6, 6.07) is 54.4. The normalized spacial score (nSPS) is 12.8. The third-order valence-electron chi connectivity index (χ3n) is 9.18. The molecule has 0 atom stereocenters. The van der Waals surface area contributed by atoms with Crippen LogP contribution in [-0.2, 0) is 10.6 Å². The summed E-state index contributed by atoms with van der Waals surface area (Å²) < 4.78 is 0. The molecule has 0 nitrogen and oxygen atoms in total. The maximum atomic E-state index is 2.45. The molecule has 0 saturated heterocycles. The second-order valence-electron chi connectivity index (χ2n) is 11.6. The summed E-state index contributed by atoms with van der Waals surface area (Å²) in [6.45, 7) is 0. The molecule has 1 aliphatic heterocycles. The van der Waals surface area contributed by atoms with Crippen molar-refractivity contribution < 1.29 is 0 Å². The average Bonchev–Trinajstić information content (AvgIpc) is 3.28. The zero-order valence-corrected chi connectivity index (χ0v) is 25.4. The topological polar surface area (TPSA) is 0 Å². The van der Waals surface area contributed by atoms with Gasteiger partial charge in [0.2, 0.25) is 0 Å². The summed E-state index contributed by atoms with van der Waals surface area (Å²) in [5, 5.41) is 12.8. The Balaban J connectivity index is 1.40. The fourth-order valence-electron chi connectivity index (χ4n) is 7.14. The van der Waals surface area contributed by atoms with E-state index >= 15 is 0 Å². The predicted octanol–water partition coefficient (Wildman–Crippen LogP) is 11.0. The van der Waals surface area contributed by atoms with Crippen molar-refractivity contribution in [2.45, 2.75) is 10.6 Å². The molecule has 9 rings (SSSR count). The second kappa shape index (κ2) is 9.96. The van der Waals surface area contributed by atoms with E-state index in [4.69, 9.17) is 0 Å². The molecule has 0 saturated carbocycles. The maximum absolute atomic E-state index is 2.45. The van der Waals surface area contributed by atoms with Gasteiger partial charge in [0.1, 0.15) is 0 Å². The summed E-state index contributed by atoms with van der Waals surface area (Å²) in [6.07, 6.45) is 0. The number of hydrogen-bond acceptors (Lipinski definition) is 0. The summed E-state index contributed by atoms with van der Waals surface area (Å²) >= 11 is 0.433. The van der Waals surface area contributed by atoms with Gasteiger partial charge in [-0.1, -0.05) is 0 Å². The molecule has 8 aromatic carbocycles. The van der Waals surface area contributed by atoms with Crippen molar-refractivity contribution in [1.29, 1.82) is 0 Å². The van der Waals surface area contributed by atoms with Crippen molar-refractivity contribution in [1.82, 2.24) is 0 Å². The van der Waals surface area contributed by atoms with Crippen LogP contribution in [0.4, 0.5) is 0 Å². The van der Waals surface area contributed by atoms with Crippen LogP contribution in [0, 0.1) is 0 Å². The molecule has 202 valence electrons. The fraction of sp³-hybridized carbons (Fsp3) is 0.0476. The van der Waals surface area contributed by atoms with E-state index in [0.29, 0.717) is 15.0 Å². The van der Waals surface area contributed by atoms with Gasteiger partial charge in [-0.2, -0.15) is 0 Å². The number of hydrogen-bond donors (Lipinski definition) is 0. The summed E-state index contributed by atoms with van der Waals surface area (Å²) in [5.74, 6) is 0. The average molecular weight is 612 g/mol. The van der Waals surface area contributed by atoms with Gasteiger partial charge in [-0.05, 0) is 0 Å².